The minimum Gasteiger partial charge on any atom is -0.858 e. The minimum atomic E-state index is -4.28. The van der Waals surface area contributed by atoms with Crippen molar-refractivity contribution in [3.05, 3.63) is 22.7 Å². The largest absolute Gasteiger partial charge is 1.00 e. The van der Waals surface area contributed by atoms with Crippen LogP contribution in [-0.4, -0.2) is 26.7 Å². The molecular weight excluding hydrogens is 321 g/mol. The third-order valence-corrected chi connectivity index (χ3v) is 3.76. The molecule has 0 amide bonds. The molecule has 1 aromatic heterocycles. The van der Waals surface area contributed by atoms with Crippen LogP contribution in [0.25, 0.3) is 0 Å². The molecule has 11 heteroatoms. The Hall–Kier alpha value is 0.950. The maximum absolute atomic E-state index is 11.5. The number of nitrogens with zero attached hydrogens (tertiary/aromatic N) is 2. The van der Waals surface area contributed by atoms with E-state index in [9.17, 15) is 19.7 Å². The third kappa shape index (κ3) is 6.93. The quantitative estimate of drug-likeness (QED) is 0.427. The summed E-state index contributed by atoms with van der Waals surface area (Å²) >= 11 is 0. The number of ether oxygens (including phenoxy) is 1. The Labute approximate surface area is 166 Å². The molecular formula is C10H13N2Na2O6P. The van der Waals surface area contributed by atoms with Crippen molar-refractivity contribution in [3.8, 4) is 5.88 Å². The summed E-state index contributed by atoms with van der Waals surface area (Å²) in [6.07, 6.45) is 1.37. The summed E-state index contributed by atoms with van der Waals surface area (Å²) in [6.45, 7) is 0. The Kier molecular flexibility index (Phi) is 9.72. The molecule has 0 spiro atoms. The van der Waals surface area contributed by atoms with E-state index < -0.39 is 25.7 Å². The van der Waals surface area contributed by atoms with Gasteiger partial charge in [0, 0.05) is 20.6 Å². The second-order valence-corrected chi connectivity index (χ2v) is 6.12. The monoisotopic (exact) mass is 334 g/mol. The van der Waals surface area contributed by atoms with Gasteiger partial charge in [-0.1, -0.05) is 0 Å². The van der Waals surface area contributed by atoms with Crippen molar-refractivity contribution < 1.29 is 83.6 Å². The normalized spacial score (nSPS) is 21.5. The molecule has 0 saturated carbocycles. The van der Waals surface area contributed by atoms with Crippen LogP contribution in [0.1, 0.15) is 25.5 Å². The summed E-state index contributed by atoms with van der Waals surface area (Å²) in [5, 5.41) is 10.9. The Morgan fingerprint density at radius 3 is 2.67 bits per heavy atom. The van der Waals surface area contributed by atoms with E-state index in [4.69, 9.17) is 9.63 Å². The fourth-order valence-electron chi connectivity index (χ4n) is 2.03. The zero-order valence-electron chi connectivity index (χ0n) is 12.0. The molecule has 0 radical (unpaired) electrons. The van der Waals surface area contributed by atoms with Gasteiger partial charge in [-0.2, -0.15) is 0 Å². The molecule has 2 atom stereocenters. The van der Waals surface area contributed by atoms with E-state index in [-0.39, 0.29) is 77.8 Å². The zero-order chi connectivity index (χ0) is 14.0. The molecule has 1 fully saturated rings. The molecule has 8 nitrogen and oxygen atoms in total. The molecule has 0 unspecified atom stereocenters. The number of rotatable bonds is 4. The van der Waals surface area contributed by atoms with Gasteiger partial charge in [0.1, 0.15) is 6.23 Å². The number of aromatic nitrogens is 2. The van der Waals surface area contributed by atoms with Crippen molar-refractivity contribution in [3.63, 3.8) is 0 Å². The first-order valence-electron chi connectivity index (χ1n) is 5.80. The summed E-state index contributed by atoms with van der Waals surface area (Å²) < 4.78 is 6.72. The van der Waals surface area contributed by atoms with E-state index in [1.807, 2.05) is 0 Å². The van der Waals surface area contributed by atoms with Gasteiger partial charge in [0.25, 0.3) is 0 Å². The second kappa shape index (κ2) is 9.30. The molecule has 1 aromatic rings. The van der Waals surface area contributed by atoms with Gasteiger partial charge < -0.3 is 19.6 Å². The van der Waals surface area contributed by atoms with E-state index in [1.165, 1.54) is 10.8 Å². The van der Waals surface area contributed by atoms with Crippen molar-refractivity contribution in [2.24, 2.45) is 0 Å². The van der Waals surface area contributed by atoms with Gasteiger partial charge in [0.2, 0.25) is 0 Å². The molecule has 2 heterocycles. The Morgan fingerprint density at radius 2 is 2.10 bits per heavy atom. The summed E-state index contributed by atoms with van der Waals surface area (Å²) in [7, 11) is -4.28. The summed E-state index contributed by atoms with van der Waals surface area (Å²) in [4.78, 5) is 44.8. The predicted octanol–water partition coefficient (Wildman–Crippen LogP) is -8.13. The molecule has 1 saturated heterocycles. The Balaban J connectivity index is 0.00000200. The smallest absolute Gasteiger partial charge is 0.858 e. The maximum Gasteiger partial charge on any atom is 1.00 e. The topological polar surface area (TPSA) is 134 Å². The van der Waals surface area contributed by atoms with E-state index in [0.717, 1.165) is 6.07 Å². The molecule has 2 rings (SSSR count). The summed E-state index contributed by atoms with van der Waals surface area (Å²) in [6, 6.07) is 1.16. The van der Waals surface area contributed by atoms with Crippen molar-refractivity contribution in [1.29, 1.82) is 0 Å². The van der Waals surface area contributed by atoms with Gasteiger partial charge in [-0.25, -0.2) is 9.78 Å². The van der Waals surface area contributed by atoms with Gasteiger partial charge in [-0.15, -0.1) is 0 Å². The van der Waals surface area contributed by atoms with Crippen molar-refractivity contribution >= 4 is 7.94 Å². The third-order valence-electron chi connectivity index (χ3n) is 2.93. The van der Waals surface area contributed by atoms with E-state index >= 15 is 0 Å². The van der Waals surface area contributed by atoms with Crippen molar-refractivity contribution in [2.45, 2.75) is 31.6 Å². The minimum absolute atomic E-state index is 0. The Morgan fingerprint density at radius 1 is 1.43 bits per heavy atom. The molecule has 0 aliphatic carbocycles. The van der Waals surface area contributed by atoms with E-state index in [1.54, 1.807) is 0 Å². The van der Waals surface area contributed by atoms with Crippen LogP contribution >= 0.6 is 7.94 Å². The molecule has 1 aliphatic heterocycles. The molecule has 1 aliphatic rings. The van der Waals surface area contributed by atoms with Crippen LogP contribution in [0.4, 0.5) is 0 Å². The standard InChI is InChI=1S/C10H15N2O6P.2Na/c13-8-3-5-12(10(14)11-8)9-2-1-7(18-9)4-6-19(15,16)17;;/h3,5,7,9H,1-2,4,6H2,(H,11,13,14)(H2,15,16,17);;/q;2*+1/p-2/t7-,9+;;/m0../s1. The van der Waals surface area contributed by atoms with Crippen molar-refractivity contribution in [2.75, 3.05) is 6.16 Å². The first-order valence-corrected chi connectivity index (χ1v) is 7.56. The SMILES string of the molecule is O=c1nc([O-])ccn1[C@H]1CC[C@@H](CC[P+]([O-])([O-])O)O1.[Na+].[Na+]. The average Bonchev–Trinajstić information content (AvgIpc) is 2.74. The molecule has 0 bridgehead atoms. The van der Waals surface area contributed by atoms with Crippen LogP contribution in [-0.2, 0) is 4.74 Å². The van der Waals surface area contributed by atoms with Crippen LogP contribution in [0.5, 0.6) is 5.88 Å². The second-order valence-electron chi connectivity index (χ2n) is 4.40. The van der Waals surface area contributed by atoms with Gasteiger partial charge in [0.15, 0.2) is 0 Å². The zero-order valence-corrected chi connectivity index (χ0v) is 16.9. The number of hydrogen-bond acceptors (Lipinski definition) is 7. The van der Waals surface area contributed by atoms with Gasteiger partial charge in [-0.3, -0.25) is 9.46 Å². The predicted molar refractivity (Wildman–Crippen MR) is 59.7 cm³/mol. The Bertz CT molecular complexity index is 509. The van der Waals surface area contributed by atoms with Crippen LogP contribution in [0.2, 0.25) is 0 Å². The van der Waals surface area contributed by atoms with Gasteiger partial charge in [-0.05, 0) is 24.8 Å². The van der Waals surface area contributed by atoms with Crippen LogP contribution in [0, 0.1) is 0 Å². The fraction of sp³-hybridized carbons (Fsp3) is 0.600. The van der Waals surface area contributed by atoms with Crippen LogP contribution in [0.15, 0.2) is 17.1 Å². The van der Waals surface area contributed by atoms with E-state index in [0.29, 0.717) is 12.8 Å². The van der Waals surface area contributed by atoms with Crippen molar-refractivity contribution in [1.82, 2.24) is 9.55 Å². The van der Waals surface area contributed by atoms with Crippen LogP contribution < -0.4 is 79.7 Å². The fourth-order valence-corrected chi connectivity index (χ4v) is 2.64. The molecule has 0 aromatic carbocycles. The van der Waals surface area contributed by atoms with Gasteiger partial charge >= 0.3 is 64.8 Å². The van der Waals surface area contributed by atoms with Gasteiger partial charge in [0.05, 0.1) is 12.3 Å². The summed E-state index contributed by atoms with van der Waals surface area (Å²) in [5.74, 6) is -0.608. The molecule has 1 N–H and O–H groups in total. The first kappa shape index (κ1) is 21.9. The first-order chi connectivity index (χ1) is 8.85. The number of hydrogen-bond donors (Lipinski definition) is 1. The summed E-state index contributed by atoms with van der Waals surface area (Å²) in [5.41, 5.74) is -0.685. The van der Waals surface area contributed by atoms with Crippen LogP contribution in [0.3, 0.4) is 0 Å². The van der Waals surface area contributed by atoms with E-state index in [2.05, 4.69) is 4.98 Å². The molecule has 21 heavy (non-hydrogen) atoms. The molecule has 106 valence electrons. The average molecular weight is 334 g/mol. The maximum atomic E-state index is 11.5.